The van der Waals surface area contributed by atoms with Crippen LogP contribution in [-0.2, 0) is 17.8 Å². The van der Waals surface area contributed by atoms with Crippen LogP contribution in [0.1, 0.15) is 32.3 Å². The molecule has 1 N–H and O–H groups in total. The van der Waals surface area contributed by atoms with Gasteiger partial charge in [0.15, 0.2) is 0 Å². The summed E-state index contributed by atoms with van der Waals surface area (Å²) in [5.41, 5.74) is 4.18. The van der Waals surface area contributed by atoms with Crippen LogP contribution in [0.3, 0.4) is 0 Å². The maximum atomic E-state index is 13.0. The summed E-state index contributed by atoms with van der Waals surface area (Å²) in [7, 11) is 0. The number of fused-ring (bicyclic) bond motifs is 1. The Morgan fingerprint density at radius 1 is 1.16 bits per heavy atom. The minimum absolute atomic E-state index is 0.122. The van der Waals surface area contributed by atoms with E-state index >= 15 is 0 Å². The van der Waals surface area contributed by atoms with E-state index in [1.807, 2.05) is 36.8 Å². The predicted octanol–water partition coefficient (Wildman–Crippen LogP) is 4.69. The Hall–Kier alpha value is -3.41. The van der Waals surface area contributed by atoms with Crippen molar-refractivity contribution in [3.8, 4) is 11.1 Å². The number of carbonyl (C=O) groups is 1. The first-order valence-corrected chi connectivity index (χ1v) is 11.3. The Bertz CT molecular complexity index is 1210. The third-order valence-electron chi connectivity index (χ3n) is 6.62. The van der Waals surface area contributed by atoms with Crippen LogP contribution in [0, 0.1) is 5.92 Å². The lowest BCUT2D eigenvalue weighted by molar-refractivity contribution is -0.134. The van der Waals surface area contributed by atoms with Gasteiger partial charge in [0.25, 0.3) is 0 Å². The topological polar surface area (TPSA) is 66.8 Å². The number of hydrogen-bond donors (Lipinski definition) is 1. The second-order valence-electron chi connectivity index (χ2n) is 9.46. The number of hydrogen-bond acceptors (Lipinski definition) is 3. The summed E-state index contributed by atoms with van der Waals surface area (Å²) in [5.74, 6) is 0.665. The van der Waals surface area contributed by atoms with Crippen LogP contribution in [0.2, 0.25) is 0 Å². The maximum absolute atomic E-state index is 13.0. The van der Waals surface area contributed by atoms with Gasteiger partial charge >= 0.3 is 0 Å². The number of benzene rings is 1. The highest BCUT2D eigenvalue weighted by molar-refractivity contribution is 5.81. The number of aryl methyl sites for hydroxylation is 1. The van der Waals surface area contributed by atoms with Crippen LogP contribution < -0.4 is 0 Å². The van der Waals surface area contributed by atoms with Gasteiger partial charge < -0.3 is 9.47 Å². The molecule has 0 bridgehead atoms. The minimum Gasteiger partial charge on any atom is -0.337 e. The average Bonchev–Trinajstić information content (AvgIpc) is 3.52. The summed E-state index contributed by atoms with van der Waals surface area (Å²) in [5, 5.41) is 8.00. The third kappa shape index (κ3) is 4.05. The molecule has 0 aliphatic carbocycles. The van der Waals surface area contributed by atoms with Crippen molar-refractivity contribution in [2.75, 3.05) is 6.54 Å². The normalized spacial score (nSPS) is 17.8. The molecule has 6 heteroatoms. The highest BCUT2D eigenvalue weighted by atomic mass is 16.2. The Morgan fingerprint density at radius 2 is 2.00 bits per heavy atom. The molecular weight excluding hydrogens is 398 g/mol. The van der Waals surface area contributed by atoms with Crippen molar-refractivity contribution in [1.29, 1.82) is 0 Å². The number of pyridine rings is 1. The van der Waals surface area contributed by atoms with Gasteiger partial charge in [-0.15, -0.1) is 0 Å². The highest BCUT2D eigenvalue weighted by Gasteiger charge is 2.40. The number of carbonyl (C=O) groups excluding carboxylic acids is 1. The molecule has 3 aromatic heterocycles. The van der Waals surface area contributed by atoms with Gasteiger partial charge in [0.05, 0.1) is 6.20 Å². The van der Waals surface area contributed by atoms with Crippen LogP contribution >= 0.6 is 0 Å². The first-order valence-electron chi connectivity index (χ1n) is 11.3. The number of aromatic nitrogens is 4. The molecule has 6 nitrogen and oxygen atoms in total. The fourth-order valence-corrected chi connectivity index (χ4v) is 5.05. The van der Waals surface area contributed by atoms with Gasteiger partial charge in [-0.3, -0.25) is 9.89 Å². The van der Waals surface area contributed by atoms with Crippen molar-refractivity contribution in [3.63, 3.8) is 0 Å². The lowest BCUT2D eigenvalue weighted by Gasteiger charge is -2.31. The van der Waals surface area contributed by atoms with Gasteiger partial charge in [-0.25, -0.2) is 4.98 Å². The van der Waals surface area contributed by atoms with Gasteiger partial charge in [0.2, 0.25) is 5.91 Å². The van der Waals surface area contributed by atoms with Gasteiger partial charge in [-0.2, -0.15) is 5.10 Å². The fourth-order valence-electron chi connectivity index (χ4n) is 5.05. The van der Waals surface area contributed by atoms with Crippen molar-refractivity contribution >= 4 is 16.9 Å². The predicted molar refractivity (Wildman–Crippen MR) is 126 cm³/mol. The number of likely N-dealkylation sites (tertiary alicyclic amines) is 1. The summed E-state index contributed by atoms with van der Waals surface area (Å²) >= 11 is 0. The second-order valence-corrected chi connectivity index (χ2v) is 9.46. The van der Waals surface area contributed by atoms with Crippen molar-refractivity contribution in [2.45, 2.75) is 45.2 Å². The molecule has 0 radical (unpaired) electrons. The van der Waals surface area contributed by atoms with Crippen LogP contribution in [-0.4, -0.2) is 42.6 Å². The summed E-state index contributed by atoms with van der Waals surface area (Å²) in [4.78, 5) is 19.9. The molecule has 1 atom stereocenters. The minimum atomic E-state index is -0.122. The number of nitrogens with zero attached hydrogens (tertiary/aromatic N) is 4. The Morgan fingerprint density at radius 3 is 2.78 bits per heavy atom. The van der Waals surface area contributed by atoms with Crippen molar-refractivity contribution in [2.24, 2.45) is 5.92 Å². The monoisotopic (exact) mass is 427 g/mol. The lowest BCUT2D eigenvalue weighted by Crippen LogP contribution is -2.42. The molecule has 5 rings (SSSR count). The van der Waals surface area contributed by atoms with Crippen molar-refractivity contribution < 1.29 is 4.79 Å². The Labute approximate surface area is 188 Å². The van der Waals surface area contributed by atoms with Crippen LogP contribution in [0.15, 0.2) is 67.3 Å². The molecule has 1 fully saturated rings. The van der Waals surface area contributed by atoms with Crippen LogP contribution in [0.25, 0.3) is 22.2 Å². The van der Waals surface area contributed by atoms with E-state index in [0.717, 1.165) is 48.1 Å². The molecular formula is C26H29N5O. The molecule has 1 unspecified atom stereocenters. The van der Waals surface area contributed by atoms with Crippen LogP contribution in [0.4, 0.5) is 0 Å². The summed E-state index contributed by atoms with van der Waals surface area (Å²) < 4.78 is 2.23. The van der Waals surface area contributed by atoms with E-state index in [1.54, 1.807) is 0 Å². The van der Waals surface area contributed by atoms with E-state index in [9.17, 15) is 4.79 Å². The van der Waals surface area contributed by atoms with E-state index < -0.39 is 0 Å². The number of rotatable bonds is 6. The van der Waals surface area contributed by atoms with E-state index in [1.165, 1.54) is 5.56 Å². The molecule has 1 saturated heterocycles. The number of nitrogens with one attached hydrogen (secondary N) is 1. The molecule has 1 aliphatic rings. The quantitative estimate of drug-likeness (QED) is 0.486. The number of aromatic amines is 1. The summed E-state index contributed by atoms with van der Waals surface area (Å²) in [6, 6.07) is 14.5. The zero-order chi connectivity index (χ0) is 22.1. The Balaban J connectivity index is 1.27. The zero-order valence-electron chi connectivity index (χ0n) is 18.7. The smallest absolute Gasteiger partial charge is 0.223 e. The number of amides is 1. The van der Waals surface area contributed by atoms with Gasteiger partial charge in [-0.05, 0) is 50.3 Å². The molecule has 0 spiro atoms. The molecule has 4 aromatic rings. The van der Waals surface area contributed by atoms with Gasteiger partial charge in [0.1, 0.15) is 5.65 Å². The second kappa shape index (κ2) is 8.26. The first kappa shape index (κ1) is 20.5. The van der Waals surface area contributed by atoms with Crippen molar-refractivity contribution in [1.82, 2.24) is 24.6 Å². The molecule has 1 aromatic carbocycles. The number of H-pyrrole nitrogens is 1. The van der Waals surface area contributed by atoms with E-state index in [0.29, 0.717) is 12.3 Å². The molecule has 1 aliphatic heterocycles. The first-order chi connectivity index (χ1) is 15.5. The molecule has 4 heterocycles. The van der Waals surface area contributed by atoms with E-state index in [-0.39, 0.29) is 11.4 Å². The van der Waals surface area contributed by atoms with Gasteiger partial charge in [-0.1, -0.05) is 30.3 Å². The summed E-state index contributed by atoms with van der Waals surface area (Å²) in [6.45, 7) is 6.05. The molecule has 32 heavy (non-hydrogen) atoms. The SMILES string of the molecule is CC1(C)CC(Cn2ccc3cc(-c4cn[nH]c4)cnc32)CN1C(=O)CCc1ccccc1. The molecule has 1 amide bonds. The van der Waals surface area contributed by atoms with E-state index in [4.69, 9.17) is 4.98 Å². The molecule has 164 valence electrons. The van der Waals surface area contributed by atoms with Crippen LogP contribution in [0.5, 0.6) is 0 Å². The average molecular weight is 428 g/mol. The van der Waals surface area contributed by atoms with E-state index in [2.05, 4.69) is 64.0 Å². The fraction of sp³-hybridized carbons (Fsp3) is 0.346. The molecule has 0 saturated carbocycles. The standard InChI is InChI=1S/C26H29N5O/c1-26(2)13-20(18-31(26)24(32)9-8-19-6-4-3-5-7-19)17-30-11-10-21-12-22(14-27-25(21)30)23-15-28-29-16-23/h3-7,10-12,14-16,20H,8-9,13,17-18H2,1-2H3,(H,28,29). The van der Waals surface area contributed by atoms with Gasteiger partial charge in [0, 0.05) is 60.2 Å². The maximum Gasteiger partial charge on any atom is 0.223 e. The highest BCUT2D eigenvalue weighted by Crippen LogP contribution is 2.35. The Kier molecular flexibility index (Phi) is 5.29. The van der Waals surface area contributed by atoms with Crippen molar-refractivity contribution in [3.05, 3.63) is 72.8 Å². The third-order valence-corrected chi connectivity index (χ3v) is 6.62. The largest absolute Gasteiger partial charge is 0.337 e. The lowest BCUT2D eigenvalue weighted by atomic mass is 9.96. The zero-order valence-corrected chi connectivity index (χ0v) is 18.7. The summed E-state index contributed by atoms with van der Waals surface area (Å²) in [6.07, 6.45) is 10.1.